The van der Waals surface area contributed by atoms with Crippen molar-refractivity contribution in [3.63, 3.8) is 0 Å². The maximum absolute atomic E-state index is 13.3. The van der Waals surface area contributed by atoms with E-state index in [0.717, 1.165) is 27.5 Å². The van der Waals surface area contributed by atoms with Gasteiger partial charge in [-0.15, -0.1) is 24.2 Å². The minimum atomic E-state index is 0. The summed E-state index contributed by atoms with van der Waals surface area (Å²) < 4.78 is 11.8. The maximum atomic E-state index is 13.3. The first-order valence-corrected chi connectivity index (χ1v) is 11.6. The first-order chi connectivity index (χ1) is 14.4. The van der Waals surface area contributed by atoms with Crippen LogP contribution < -0.4 is 14.4 Å². The van der Waals surface area contributed by atoms with Crippen molar-refractivity contribution < 1.29 is 14.3 Å². The molecule has 0 aliphatic heterocycles. The Balaban J connectivity index is 0.00000341. The van der Waals surface area contributed by atoms with Gasteiger partial charge in [0, 0.05) is 18.0 Å². The molecule has 0 aliphatic carbocycles. The van der Waals surface area contributed by atoms with Crippen molar-refractivity contribution in [3.8, 4) is 11.5 Å². The predicted octanol–water partition coefficient (Wildman–Crippen LogP) is 4.59. The van der Waals surface area contributed by atoms with E-state index in [1.807, 2.05) is 38.4 Å². The van der Waals surface area contributed by atoms with Crippen molar-refractivity contribution in [2.75, 3.05) is 52.6 Å². The van der Waals surface area contributed by atoms with Gasteiger partial charge in [0.25, 0.3) is 0 Å². The number of aromatic nitrogens is 1. The molecule has 0 N–H and O–H groups in total. The Labute approximate surface area is 197 Å². The molecule has 0 atom stereocenters. The average molecular weight is 482 g/mol. The van der Waals surface area contributed by atoms with Crippen LogP contribution in [0.25, 0.3) is 10.2 Å². The standard InChI is InChI=1S/C22H27N3O3S2.ClH/c1-24(2)10-11-25(22-23-17-8-7-16(29-5)14-20(17)30-22)21(26)13-15-6-9-18(27-3)19(12-15)28-4;/h6-9,12,14H,10-11,13H2,1-5H3;1H. The summed E-state index contributed by atoms with van der Waals surface area (Å²) >= 11 is 3.26. The Morgan fingerprint density at radius 2 is 1.81 bits per heavy atom. The van der Waals surface area contributed by atoms with Crippen molar-refractivity contribution in [2.45, 2.75) is 11.3 Å². The first-order valence-electron chi connectivity index (χ1n) is 9.55. The van der Waals surface area contributed by atoms with Crippen molar-refractivity contribution in [2.24, 2.45) is 0 Å². The fraction of sp³-hybridized carbons (Fsp3) is 0.364. The van der Waals surface area contributed by atoms with E-state index in [0.29, 0.717) is 18.0 Å². The van der Waals surface area contributed by atoms with Crippen LogP contribution in [0, 0.1) is 0 Å². The van der Waals surface area contributed by atoms with E-state index >= 15 is 0 Å². The van der Waals surface area contributed by atoms with E-state index in [4.69, 9.17) is 14.5 Å². The van der Waals surface area contributed by atoms with Crippen molar-refractivity contribution in [1.29, 1.82) is 0 Å². The lowest BCUT2D eigenvalue weighted by molar-refractivity contribution is -0.118. The molecular weight excluding hydrogens is 454 g/mol. The molecule has 1 heterocycles. The fourth-order valence-corrected chi connectivity index (χ4v) is 4.59. The SMILES string of the molecule is COc1ccc(CC(=O)N(CCN(C)C)c2nc3ccc(SC)cc3s2)cc1OC.Cl. The van der Waals surface area contributed by atoms with E-state index < -0.39 is 0 Å². The number of methoxy groups -OCH3 is 2. The van der Waals surface area contributed by atoms with Gasteiger partial charge in [0.05, 0.1) is 30.9 Å². The third-order valence-electron chi connectivity index (χ3n) is 4.69. The fourth-order valence-electron chi connectivity index (χ4n) is 3.02. The summed E-state index contributed by atoms with van der Waals surface area (Å²) in [7, 11) is 7.19. The summed E-state index contributed by atoms with van der Waals surface area (Å²) in [6.45, 7) is 1.33. The van der Waals surface area contributed by atoms with E-state index in [-0.39, 0.29) is 24.7 Å². The van der Waals surface area contributed by atoms with Crippen LogP contribution in [0.1, 0.15) is 5.56 Å². The molecule has 0 aliphatic rings. The van der Waals surface area contributed by atoms with Gasteiger partial charge in [-0.1, -0.05) is 17.4 Å². The number of fused-ring (bicyclic) bond motifs is 1. The van der Waals surface area contributed by atoms with Gasteiger partial charge in [-0.3, -0.25) is 9.69 Å². The van der Waals surface area contributed by atoms with E-state index in [1.54, 1.807) is 42.2 Å². The largest absolute Gasteiger partial charge is 0.493 e. The number of anilines is 1. The number of amides is 1. The van der Waals surface area contributed by atoms with Gasteiger partial charge in [0.2, 0.25) is 5.91 Å². The number of thioether (sulfide) groups is 1. The van der Waals surface area contributed by atoms with Crippen LogP contribution in [-0.4, -0.2) is 63.5 Å². The lowest BCUT2D eigenvalue weighted by Gasteiger charge is -2.22. The van der Waals surface area contributed by atoms with Crippen molar-refractivity contribution in [3.05, 3.63) is 42.0 Å². The van der Waals surface area contributed by atoms with E-state index in [2.05, 4.69) is 23.3 Å². The zero-order chi connectivity index (χ0) is 21.7. The number of hydrogen-bond acceptors (Lipinski definition) is 7. The summed E-state index contributed by atoms with van der Waals surface area (Å²) in [5.74, 6) is 1.27. The second-order valence-corrected chi connectivity index (χ2v) is 8.93. The molecule has 31 heavy (non-hydrogen) atoms. The highest BCUT2D eigenvalue weighted by Crippen LogP contribution is 2.32. The number of halogens is 1. The molecule has 3 rings (SSSR count). The highest BCUT2D eigenvalue weighted by atomic mass is 35.5. The van der Waals surface area contributed by atoms with Gasteiger partial charge in [0.15, 0.2) is 16.6 Å². The van der Waals surface area contributed by atoms with Crippen LogP contribution in [-0.2, 0) is 11.2 Å². The summed E-state index contributed by atoms with van der Waals surface area (Å²) in [4.78, 5) is 23.1. The summed E-state index contributed by atoms with van der Waals surface area (Å²) in [5.41, 5.74) is 1.79. The monoisotopic (exact) mass is 481 g/mol. The molecule has 9 heteroatoms. The number of rotatable bonds is 9. The quantitative estimate of drug-likeness (QED) is 0.416. The maximum Gasteiger partial charge on any atom is 0.233 e. The number of carbonyl (C=O) groups is 1. The molecule has 168 valence electrons. The molecule has 0 radical (unpaired) electrons. The van der Waals surface area contributed by atoms with Crippen LogP contribution >= 0.6 is 35.5 Å². The number of hydrogen-bond donors (Lipinski definition) is 0. The first kappa shape index (κ1) is 25.3. The summed E-state index contributed by atoms with van der Waals surface area (Å²) in [5, 5.41) is 0.732. The van der Waals surface area contributed by atoms with Gasteiger partial charge < -0.3 is 14.4 Å². The average Bonchev–Trinajstić information content (AvgIpc) is 3.16. The lowest BCUT2D eigenvalue weighted by Crippen LogP contribution is -2.37. The lowest BCUT2D eigenvalue weighted by atomic mass is 10.1. The molecule has 6 nitrogen and oxygen atoms in total. The molecule has 0 unspecified atom stereocenters. The molecule has 0 spiro atoms. The summed E-state index contributed by atoms with van der Waals surface area (Å²) in [6.07, 6.45) is 2.32. The van der Waals surface area contributed by atoms with Crippen molar-refractivity contribution >= 4 is 56.8 Å². The minimum Gasteiger partial charge on any atom is -0.493 e. The zero-order valence-electron chi connectivity index (χ0n) is 18.4. The second-order valence-electron chi connectivity index (χ2n) is 7.04. The normalized spacial score (nSPS) is 10.8. The van der Waals surface area contributed by atoms with Gasteiger partial charge in [-0.25, -0.2) is 4.98 Å². The highest BCUT2D eigenvalue weighted by molar-refractivity contribution is 7.98. The third-order valence-corrected chi connectivity index (χ3v) is 6.46. The predicted molar refractivity (Wildman–Crippen MR) is 133 cm³/mol. The Morgan fingerprint density at radius 1 is 1.06 bits per heavy atom. The van der Waals surface area contributed by atoms with E-state index in [1.165, 1.54) is 4.90 Å². The summed E-state index contributed by atoms with van der Waals surface area (Å²) in [6, 6.07) is 11.8. The Kier molecular flexibility index (Phi) is 9.43. The highest BCUT2D eigenvalue weighted by Gasteiger charge is 2.21. The molecule has 1 aromatic heterocycles. The second kappa shape index (κ2) is 11.6. The van der Waals surface area contributed by atoms with Crippen LogP contribution in [0.5, 0.6) is 11.5 Å². The molecule has 0 saturated heterocycles. The molecule has 2 aromatic carbocycles. The van der Waals surface area contributed by atoms with E-state index in [9.17, 15) is 4.79 Å². The third kappa shape index (κ3) is 6.26. The smallest absolute Gasteiger partial charge is 0.233 e. The topological polar surface area (TPSA) is 54.9 Å². The van der Waals surface area contributed by atoms with Crippen molar-refractivity contribution in [1.82, 2.24) is 9.88 Å². The van der Waals surface area contributed by atoms with Crippen LogP contribution in [0.15, 0.2) is 41.3 Å². The van der Waals surface area contributed by atoms with Gasteiger partial charge in [0.1, 0.15) is 0 Å². The number of ether oxygens (including phenoxy) is 2. The molecule has 0 bridgehead atoms. The molecular formula is C22H28ClN3O3S2. The van der Waals surface area contributed by atoms with Crippen LogP contribution in [0.2, 0.25) is 0 Å². The van der Waals surface area contributed by atoms with Gasteiger partial charge in [-0.05, 0) is 56.2 Å². The number of likely N-dealkylation sites (N-methyl/N-ethyl adjacent to an activating group) is 1. The molecule has 0 saturated carbocycles. The van der Waals surface area contributed by atoms with Crippen LogP contribution in [0.4, 0.5) is 5.13 Å². The van der Waals surface area contributed by atoms with Gasteiger partial charge >= 0.3 is 0 Å². The minimum absolute atomic E-state index is 0. The molecule has 3 aromatic rings. The number of thiazole rings is 1. The Morgan fingerprint density at radius 3 is 2.45 bits per heavy atom. The van der Waals surface area contributed by atoms with Gasteiger partial charge in [-0.2, -0.15) is 0 Å². The molecule has 1 amide bonds. The van der Waals surface area contributed by atoms with Crippen LogP contribution in [0.3, 0.4) is 0 Å². The number of nitrogens with zero attached hydrogens (tertiary/aromatic N) is 3. The number of benzene rings is 2. The number of carbonyl (C=O) groups excluding carboxylic acids is 1. The Bertz CT molecular complexity index is 1030. The molecule has 0 fully saturated rings. The Hall–Kier alpha value is -2.00. The zero-order valence-corrected chi connectivity index (χ0v) is 20.8.